The summed E-state index contributed by atoms with van der Waals surface area (Å²) in [6.07, 6.45) is 3.53. The molecule has 0 saturated carbocycles. The predicted octanol–water partition coefficient (Wildman–Crippen LogP) is 3.81. The summed E-state index contributed by atoms with van der Waals surface area (Å²) in [7, 11) is 1.52. The molecule has 0 amide bonds. The van der Waals surface area contributed by atoms with Gasteiger partial charge in [0.25, 0.3) is 5.69 Å². The zero-order valence-electron chi connectivity index (χ0n) is 17.9. The first-order valence-corrected chi connectivity index (χ1v) is 10.0. The number of aromatic nitrogens is 3. The number of carboxylic acids is 1. The van der Waals surface area contributed by atoms with Crippen molar-refractivity contribution in [2.45, 2.75) is 26.3 Å². The number of hydrogen-bond donors (Lipinski definition) is 1. The van der Waals surface area contributed by atoms with Gasteiger partial charge < -0.3 is 14.6 Å². The minimum Gasteiger partial charge on any atom is -0.481 e. The van der Waals surface area contributed by atoms with E-state index in [0.717, 1.165) is 16.7 Å². The molecule has 10 heteroatoms. The fraction of sp³-hybridized carbons (Fsp3) is 0.318. The molecule has 0 radical (unpaired) electrons. The molecule has 2 aromatic heterocycles. The largest absolute Gasteiger partial charge is 0.481 e. The Bertz CT molecular complexity index is 1210. The zero-order chi connectivity index (χ0) is 23.0. The van der Waals surface area contributed by atoms with Crippen LogP contribution in [0, 0.1) is 24.0 Å². The number of methoxy groups -OCH3 is 1. The van der Waals surface area contributed by atoms with E-state index in [2.05, 4.69) is 10.1 Å². The summed E-state index contributed by atoms with van der Waals surface area (Å²) in [6, 6.07) is 4.59. The van der Waals surface area contributed by atoms with Gasteiger partial charge in [-0.3, -0.25) is 14.8 Å². The molecule has 32 heavy (non-hydrogen) atoms. The lowest BCUT2D eigenvalue weighted by Gasteiger charge is -2.16. The van der Waals surface area contributed by atoms with Gasteiger partial charge in [-0.15, -0.1) is 0 Å². The van der Waals surface area contributed by atoms with Crippen LogP contribution in [0.15, 0.2) is 30.6 Å². The van der Waals surface area contributed by atoms with Gasteiger partial charge in [0.1, 0.15) is 5.56 Å². The predicted molar refractivity (Wildman–Crippen MR) is 115 cm³/mol. The van der Waals surface area contributed by atoms with Crippen molar-refractivity contribution < 1.29 is 24.3 Å². The maximum atomic E-state index is 12.1. The van der Waals surface area contributed by atoms with E-state index in [4.69, 9.17) is 9.47 Å². The molecule has 4 rings (SSSR count). The van der Waals surface area contributed by atoms with Crippen LogP contribution in [-0.4, -0.2) is 51.1 Å². The van der Waals surface area contributed by atoms with Crippen molar-refractivity contribution in [1.29, 1.82) is 0 Å². The number of nitrogens with zero attached hydrogens (tertiary/aromatic N) is 4. The van der Waals surface area contributed by atoms with Crippen LogP contribution in [0.4, 0.5) is 5.69 Å². The smallest absolute Gasteiger partial charge is 0.339 e. The molecule has 1 aliphatic heterocycles. The van der Waals surface area contributed by atoms with Crippen molar-refractivity contribution in [1.82, 2.24) is 14.8 Å². The molecule has 1 saturated heterocycles. The first kappa shape index (κ1) is 21.4. The Morgan fingerprint density at radius 3 is 2.75 bits per heavy atom. The number of aryl methyl sites for hydroxylation is 1. The minimum absolute atomic E-state index is 0.0920. The molecule has 0 spiro atoms. The Kier molecular flexibility index (Phi) is 5.62. The number of carboxylic acid groups (broad SMARTS) is 1. The summed E-state index contributed by atoms with van der Waals surface area (Å²) in [5, 5.41) is 26.0. The van der Waals surface area contributed by atoms with Crippen molar-refractivity contribution in [3.05, 3.63) is 57.4 Å². The Morgan fingerprint density at radius 1 is 1.34 bits per heavy atom. The highest BCUT2D eigenvalue weighted by Gasteiger charge is 2.30. The maximum absolute atomic E-state index is 12.1. The SMILES string of the molecule is COc1ncc(C)c(-c2ccc(-c3c(C(=O)O)cnn3[C@H]3CCOC3)c([N+](=O)[O-])c2)c1C. The van der Waals surface area contributed by atoms with Crippen molar-refractivity contribution >= 4 is 11.7 Å². The van der Waals surface area contributed by atoms with Gasteiger partial charge in [0, 0.05) is 24.4 Å². The van der Waals surface area contributed by atoms with E-state index >= 15 is 0 Å². The summed E-state index contributed by atoms with van der Waals surface area (Å²) in [5.74, 6) is -0.765. The average molecular weight is 438 g/mol. The molecule has 1 aliphatic rings. The summed E-state index contributed by atoms with van der Waals surface area (Å²) >= 11 is 0. The van der Waals surface area contributed by atoms with Crippen molar-refractivity contribution in [2.75, 3.05) is 20.3 Å². The number of nitro benzene ring substituents is 1. The van der Waals surface area contributed by atoms with E-state index in [1.807, 2.05) is 13.8 Å². The van der Waals surface area contributed by atoms with Crippen LogP contribution in [0.2, 0.25) is 0 Å². The Labute approximate surface area is 183 Å². The summed E-state index contributed by atoms with van der Waals surface area (Å²) in [5.41, 5.74) is 3.08. The van der Waals surface area contributed by atoms with Crippen LogP contribution in [0.3, 0.4) is 0 Å². The molecule has 1 atom stereocenters. The number of nitro groups is 1. The normalized spacial score (nSPS) is 15.7. The number of hydrogen-bond acceptors (Lipinski definition) is 7. The van der Waals surface area contributed by atoms with Gasteiger partial charge in [0.05, 0.1) is 42.1 Å². The van der Waals surface area contributed by atoms with Gasteiger partial charge in [0.15, 0.2) is 0 Å². The Morgan fingerprint density at radius 2 is 2.12 bits per heavy atom. The van der Waals surface area contributed by atoms with Crippen LogP contribution in [0.1, 0.15) is 33.9 Å². The highest BCUT2D eigenvalue weighted by Crippen LogP contribution is 2.40. The average Bonchev–Trinajstić information content (AvgIpc) is 3.43. The third kappa shape index (κ3) is 3.58. The number of pyridine rings is 1. The molecule has 0 unspecified atom stereocenters. The monoisotopic (exact) mass is 438 g/mol. The molecule has 3 heterocycles. The second kappa shape index (κ2) is 8.39. The lowest BCUT2D eigenvalue weighted by molar-refractivity contribution is -0.384. The topological polar surface area (TPSA) is 130 Å². The number of carbonyl (C=O) groups is 1. The van der Waals surface area contributed by atoms with E-state index in [9.17, 15) is 20.0 Å². The quantitative estimate of drug-likeness (QED) is 0.454. The van der Waals surface area contributed by atoms with Gasteiger partial charge in [-0.2, -0.15) is 5.10 Å². The highest BCUT2D eigenvalue weighted by molar-refractivity contribution is 5.96. The van der Waals surface area contributed by atoms with Gasteiger partial charge in [-0.05, 0) is 43.0 Å². The number of rotatable bonds is 6. The highest BCUT2D eigenvalue weighted by atomic mass is 16.6. The summed E-state index contributed by atoms with van der Waals surface area (Å²) in [4.78, 5) is 27.7. The molecular formula is C22H22N4O6. The van der Waals surface area contributed by atoms with Crippen LogP contribution >= 0.6 is 0 Å². The maximum Gasteiger partial charge on any atom is 0.339 e. The third-order valence-corrected chi connectivity index (χ3v) is 5.67. The van der Waals surface area contributed by atoms with Crippen LogP contribution in [-0.2, 0) is 4.74 Å². The second-order valence-corrected chi connectivity index (χ2v) is 7.61. The molecule has 0 aliphatic carbocycles. The standard InChI is InChI=1S/C22H22N4O6/c1-12-9-23-21(31-3)13(2)19(12)14-4-5-16(18(8-14)26(29)30)20-17(22(27)28)10-24-25(20)15-6-7-32-11-15/h4-5,8-10,15H,6-7,11H2,1-3H3,(H,27,28)/t15-/m0/s1. The van der Waals surface area contributed by atoms with Crippen molar-refractivity contribution in [3.8, 4) is 28.3 Å². The molecule has 3 aromatic rings. The third-order valence-electron chi connectivity index (χ3n) is 5.67. The molecule has 1 N–H and O–H groups in total. The van der Waals surface area contributed by atoms with Gasteiger partial charge in [0.2, 0.25) is 5.88 Å². The summed E-state index contributed by atoms with van der Waals surface area (Å²) in [6.45, 7) is 4.60. The van der Waals surface area contributed by atoms with Crippen LogP contribution < -0.4 is 4.74 Å². The lowest BCUT2D eigenvalue weighted by atomic mass is 9.94. The van der Waals surface area contributed by atoms with Crippen LogP contribution in [0.25, 0.3) is 22.4 Å². The minimum atomic E-state index is -1.20. The first-order chi connectivity index (χ1) is 15.3. The van der Waals surface area contributed by atoms with Crippen molar-refractivity contribution in [3.63, 3.8) is 0 Å². The van der Waals surface area contributed by atoms with E-state index in [1.165, 1.54) is 24.1 Å². The lowest BCUT2D eigenvalue weighted by Crippen LogP contribution is -2.13. The van der Waals surface area contributed by atoms with Gasteiger partial charge in [-0.1, -0.05) is 6.07 Å². The fourth-order valence-electron chi connectivity index (χ4n) is 4.19. The molecule has 1 aromatic carbocycles. The second-order valence-electron chi connectivity index (χ2n) is 7.61. The summed E-state index contributed by atoms with van der Waals surface area (Å²) < 4.78 is 12.3. The van der Waals surface area contributed by atoms with E-state index in [0.29, 0.717) is 31.1 Å². The Balaban J connectivity index is 1.93. The van der Waals surface area contributed by atoms with Crippen molar-refractivity contribution in [2.24, 2.45) is 0 Å². The number of ether oxygens (including phenoxy) is 2. The Hall–Kier alpha value is -3.79. The van der Waals surface area contributed by atoms with Gasteiger partial charge in [-0.25, -0.2) is 9.78 Å². The molecule has 166 valence electrons. The molecule has 0 bridgehead atoms. The van der Waals surface area contributed by atoms with Crippen LogP contribution in [0.5, 0.6) is 5.88 Å². The fourth-order valence-corrected chi connectivity index (χ4v) is 4.19. The van der Waals surface area contributed by atoms with E-state index in [-0.39, 0.29) is 28.6 Å². The zero-order valence-corrected chi connectivity index (χ0v) is 17.9. The number of aromatic carboxylic acids is 1. The van der Waals surface area contributed by atoms with E-state index < -0.39 is 10.9 Å². The first-order valence-electron chi connectivity index (χ1n) is 10.0. The van der Waals surface area contributed by atoms with E-state index in [1.54, 1.807) is 18.3 Å². The molecule has 1 fully saturated rings. The molecular weight excluding hydrogens is 416 g/mol. The number of benzene rings is 1. The molecule has 10 nitrogen and oxygen atoms in total. The van der Waals surface area contributed by atoms with Gasteiger partial charge >= 0.3 is 5.97 Å².